The van der Waals surface area contributed by atoms with E-state index in [9.17, 15) is 4.39 Å². The van der Waals surface area contributed by atoms with Crippen LogP contribution in [0.5, 0.6) is 0 Å². The van der Waals surface area contributed by atoms with Gasteiger partial charge in [-0.2, -0.15) is 5.26 Å². The number of hydrogen-bond acceptors (Lipinski definition) is 2. The molecule has 0 bridgehead atoms. The molecule has 4 heteroatoms. The van der Waals surface area contributed by atoms with Gasteiger partial charge in [0.1, 0.15) is 17.5 Å². The summed E-state index contributed by atoms with van der Waals surface area (Å²) in [5.74, 6) is 5.41. The summed E-state index contributed by atoms with van der Waals surface area (Å²) >= 11 is 0. The number of aromatic amines is 1. The van der Waals surface area contributed by atoms with Gasteiger partial charge in [0.25, 0.3) is 0 Å². The Labute approximate surface area is 114 Å². The van der Waals surface area contributed by atoms with E-state index in [1.807, 2.05) is 12.1 Å². The number of hydrogen-bond donors (Lipinski definition) is 1. The lowest BCUT2D eigenvalue weighted by Gasteiger charge is -1.96. The number of rotatable bonds is 0. The topological polar surface area (TPSA) is 52.5 Å². The van der Waals surface area contributed by atoms with E-state index in [4.69, 9.17) is 5.26 Å². The highest BCUT2D eigenvalue weighted by Gasteiger charge is 2.02. The number of H-pyrrole nitrogens is 1. The lowest BCUT2D eigenvalue weighted by Crippen LogP contribution is -1.86. The molecule has 0 aliphatic carbocycles. The van der Waals surface area contributed by atoms with Crippen molar-refractivity contribution in [2.45, 2.75) is 0 Å². The maximum absolute atomic E-state index is 13.2. The van der Waals surface area contributed by atoms with Gasteiger partial charge >= 0.3 is 0 Å². The minimum absolute atomic E-state index is 0.360. The molecule has 1 N–H and O–H groups in total. The van der Waals surface area contributed by atoms with Crippen LogP contribution in [0.4, 0.5) is 4.39 Å². The van der Waals surface area contributed by atoms with Gasteiger partial charge in [-0.3, -0.25) is 0 Å². The third-order valence-corrected chi connectivity index (χ3v) is 2.89. The summed E-state index contributed by atoms with van der Waals surface area (Å²) in [5.41, 5.74) is 2.27. The summed E-state index contributed by atoms with van der Waals surface area (Å²) in [5, 5.41) is 9.89. The molecule has 0 aliphatic rings. The Balaban J connectivity index is 2.11. The first-order chi connectivity index (χ1) is 9.78. The van der Waals surface area contributed by atoms with Crippen LogP contribution >= 0.6 is 0 Å². The minimum atomic E-state index is -0.408. The summed E-state index contributed by atoms with van der Waals surface area (Å²) < 4.78 is 13.2. The predicted octanol–water partition coefficient (Wildman–Crippen LogP) is 2.97. The molecule has 3 aromatic rings. The highest BCUT2D eigenvalue weighted by atomic mass is 19.1. The fourth-order valence-electron chi connectivity index (χ4n) is 1.92. The second-order valence-corrected chi connectivity index (χ2v) is 4.15. The van der Waals surface area contributed by atoms with Gasteiger partial charge in [0, 0.05) is 28.9 Å². The molecule has 0 amide bonds. The number of benzene rings is 1. The summed E-state index contributed by atoms with van der Waals surface area (Å²) in [6.45, 7) is 0. The van der Waals surface area contributed by atoms with E-state index in [0.717, 1.165) is 16.6 Å². The molecule has 0 saturated heterocycles. The predicted molar refractivity (Wildman–Crippen MR) is 73.2 cm³/mol. The molecule has 3 rings (SSSR count). The molecule has 0 aliphatic heterocycles. The van der Waals surface area contributed by atoms with Gasteiger partial charge in [0.15, 0.2) is 0 Å². The van der Waals surface area contributed by atoms with Crippen molar-refractivity contribution in [1.82, 2.24) is 9.97 Å². The van der Waals surface area contributed by atoms with Crippen LogP contribution in [-0.2, 0) is 0 Å². The molecule has 0 saturated carbocycles. The van der Waals surface area contributed by atoms with E-state index in [1.165, 1.54) is 18.2 Å². The zero-order valence-corrected chi connectivity index (χ0v) is 10.3. The molecule has 94 valence electrons. The summed E-state index contributed by atoms with van der Waals surface area (Å²) in [6, 6.07) is 9.61. The van der Waals surface area contributed by atoms with Crippen molar-refractivity contribution in [3.63, 3.8) is 0 Å². The molecular weight excluding hydrogens is 253 g/mol. The van der Waals surface area contributed by atoms with Gasteiger partial charge in [0.2, 0.25) is 0 Å². The summed E-state index contributed by atoms with van der Waals surface area (Å²) in [4.78, 5) is 7.17. The monoisotopic (exact) mass is 261 g/mol. The number of aromatic nitrogens is 2. The Morgan fingerprint density at radius 2 is 1.90 bits per heavy atom. The fraction of sp³-hybridized carbons (Fsp3) is 0. The van der Waals surface area contributed by atoms with Crippen LogP contribution in [0, 0.1) is 29.0 Å². The molecule has 0 spiro atoms. The van der Waals surface area contributed by atoms with Gasteiger partial charge in [-0.05, 0) is 30.3 Å². The molecule has 20 heavy (non-hydrogen) atoms. The Hall–Kier alpha value is -3.11. The first kappa shape index (κ1) is 12.0. The molecule has 0 radical (unpaired) electrons. The van der Waals surface area contributed by atoms with Crippen molar-refractivity contribution in [3.05, 3.63) is 65.2 Å². The molecule has 2 heterocycles. The number of nitrogens with one attached hydrogen (secondary N) is 1. The molecule has 0 atom stereocenters. The van der Waals surface area contributed by atoms with Gasteiger partial charge in [0.05, 0.1) is 5.56 Å². The number of halogens is 1. The lowest BCUT2D eigenvalue weighted by atomic mass is 10.1. The molecule has 2 aromatic heterocycles. The smallest absolute Gasteiger partial charge is 0.138 e. The standard InChI is InChI=1S/C16H8FN3/c17-14-4-3-13(10-18)12(9-14)2-1-11-5-7-19-16-15(11)6-8-20-16/h3-9H,(H,19,20). The quantitative estimate of drug-likeness (QED) is 0.632. The third-order valence-electron chi connectivity index (χ3n) is 2.89. The molecule has 3 nitrogen and oxygen atoms in total. The van der Waals surface area contributed by atoms with Crippen molar-refractivity contribution in [2.24, 2.45) is 0 Å². The van der Waals surface area contributed by atoms with Gasteiger partial charge in [-0.25, -0.2) is 9.37 Å². The zero-order chi connectivity index (χ0) is 13.9. The Kier molecular flexibility index (Phi) is 2.91. The van der Waals surface area contributed by atoms with E-state index in [1.54, 1.807) is 18.5 Å². The van der Waals surface area contributed by atoms with Crippen molar-refractivity contribution in [1.29, 1.82) is 5.26 Å². The Morgan fingerprint density at radius 1 is 1.05 bits per heavy atom. The number of nitriles is 1. The van der Waals surface area contributed by atoms with Crippen molar-refractivity contribution in [3.8, 4) is 17.9 Å². The fourth-order valence-corrected chi connectivity index (χ4v) is 1.92. The van der Waals surface area contributed by atoms with Crippen LogP contribution in [0.3, 0.4) is 0 Å². The minimum Gasteiger partial charge on any atom is -0.346 e. The molecule has 0 fully saturated rings. The summed E-state index contributed by atoms with van der Waals surface area (Å²) in [6.07, 6.45) is 3.44. The van der Waals surface area contributed by atoms with E-state index < -0.39 is 5.82 Å². The van der Waals surface area contributed by atoms with Gasteiger partial charge in [-0.15, -0.1) is 0 Å². The maximum Gasteiger partial charge on any atom is 0.138 e. The maximum atomic E-state index is 13.2. The third kappa shape index (κ3) is 2.11. The normalized spacial score (nSPS) is 9.80. The van der Waals surface area contributed by atoms with Crippen molar-refractivity contribution < 1.29 is 4.39 Å². The SMILES string of the molecule is N#Cc1ccc(F)cc1C#Cc1ccnc2[nH]ccc12. The highest BCUT2D eigenvalue weighted by Crippen LogP contribution is 2.14. The second-order valence-electron chi connectivity index (χ2n) is 4.15. The van der Waals surface area contributed by atoms with Crippen LogP contribution in [0.25, 0.3) is 11.0 Å². The summed E-state index contributed by atoms with van der Waals surface area (Å²) in [7, 11) is 0. The van der Waals surface area contributed by atoms with Crippen LogP contribution in [0.15, 0.2) is 42.7 Å². The molecular formula is C16H8FN3. The first-order valence-corrected chi connectivity index (χ1v) is 5.92. The highest BCUT2D eigenvalue weighted by molar-refractivity contribution is 5.82. The first-order valence-electron chi connectivity index (χ1n) is 5.92. The second kappa shape index (κ2) is 4.87. The van der Waals surface area contributed by atoms with Crippen LogP contribution < -0.4 is 0 Å². The van der Waals surface area contributed by atoms with Crippen molar-refractivity contribution in [2.75, 3.05) is 0 Å². The zero-order valence-electron chi connectivity index (χ0n) is 10.3. The average Bonchev–Trinajstić information content (AvgIpc) is 2.94. The Bertz CT molecular complexity index is 891. The van der Waals surface area contributed by atoms with E-state index >= 15 is 0 Å². The average molecular weight is 261 g/mol. The van der Waals surface area contributed by atoms with E-state index in [2.05, 4.69) is 21.8 Å². The van der Waals surface area contributed by atoms with Crippen LogP contribution in [0.2, 0.25) is 0 Å². The molecule has 0 unspecified atom stereocenters. The number of pyridine rings is 1. The van der Waals surface area contributed by atoms with Crippen LogP contribution in [-0.4, -0.2) is 9.97 Å². The van der Waals surface area contributed by atoms with Gasteiger partial charge < -0.3 is 4.98 Å². The van der Waals surface area contributed by atoms with Crippen LogP contribution in [0.1, 0.15) is 16.7 Å². The number of nitrogens with zero attached hydrogens (tertiary/aromatic N) is 2. The van der Waals surface area contributed by atoms with Gasteiger partial charge in [-0.1, -0.05) is 11.8 Å². The largest absolute Gasteiger partial charge is 0.346 e. The van der Waals surface area contributed by atoms with E-state index in [-0.39, 0.29) is 0 Å². The van der Waals surface area contributed by atoms with E-state index in [0.29, 0.717) is 11.1 Å². The lowest BCUT2D eigenvalue weighted by molar-refractivity contribution is 0.627. The number of fused-ring (bicyclic) bond motifs is 1. The molecule has 1 aromatic carbocycles. The van der Waals surface area contributed by atoms with Crippen molar-refractivity contribution >= 4 is 11.0 Å². The Morgan fingerprint density at radius 3 is 2.75 bits per heavy atom.